The highest BCUT2D eigenvalue weighted by Crippen LogP contribution is 2.26. The molecule has 2 aliphatic rings. The molecule has 1 saturated heterocycles. The largest absolute Gasteiger partial charge is 0.310 e. The summed E-state index contributed by atoms with van der Waals surface area (Å²) in [6.07, 6.45) is 12.7. The van der Waals surface area contributed by atoms with Crippen molar-refractivity contribution in [2.45, 2.75) is 57.9 Å². The molecule has 1 saturated carbocycles. The maximum absolute atomic E-state index is 12.5. The molecule has 7 heteroatoms. The minimum absolute atomic E-state index is 0.0887. The summed E-state index contributed by atoms with van der Waals surface area (Å²) in [4.78, 5) is 23.7. The molecule has 26 heavy (non-hydrogen) atoms. The van der Waals surface area contributed by atoms with Gasteiger partial charge in [-0.2, -0.15) is 5.10 Å². The highest BCUT2D eigenvalue weighted by Gasteiger charge is 2.22. The molecule has 4 rings (SSSR count). The fourth-order valence-electron chi connectivity index (χ4n) is 4.16. The fourth-order valence-corrected chi connectivity index (χ4v) is 4.16. The summed E-state index contributed by atoms with van der Waals surface area (Å²) in [5.74, 6) is 0.795. The smallest absolute Gasteiger partial charge is 0.228 e. The van der Waals surface area contributed by atoms with Gasteiger partial charge in [0.05, 0.1) is 18.1 Å². The number of amides is 1. The van der Waals surface area contributed by atoms with E-state index in [-0.39, 0.29) is 11.8 Å². The Balaban J connectivity index is 1.45. The lowest BCUT2D eigenvalue weighted by Gasteiger charge is -2.26. The molecule has 140 valence electrons. The molecular formula is C19H28N6O. The monoisotopic (exact) mass is 356 g/mol. The number of fused-ring (bicyclic) bond motifs is 1. The SMILES string of the molecule is O=C(Nc1ncnc2c1cnn2CCN1CCCCC1)C1CCCCC1. The van der Waals surface area contributed by atoms with Crippen molar-refractivity contribution in [3.63, 3.8) is 0 Å². The van der Waals surface area contributed by atoms with Crippen LogP contribution in [-0.4, -0.2) is 50.2 Å². The first kappa shape index (κ1) is 17.4. The molecule has 7 nitrogen and oxygen atoms in total. The highest BCUT2D eigenvalue weighted by atomic mass is 16.1. The molecule has 2 fully saturated rings. The molecule has 2 aromatic rings. The van der Waals surface area contributed by atoms with E-state index in [1.54, 1.807) is 6.20 Å². The molecule has 3 heterocycles. The Morgan fingerprint density at radius 2 is 1.81 bits per heavy atom. The summed E-state index contributed by atoms with van der Waals surface area (Å²) in [6, 6.07) is 0. The summed E-state index contributed by atoms with van der Waals surface area (Å²) in [5.41, 5.74) is 0.802. The van der Waals surface area contributed by atoms with Crippen LogP contribution in [0, 0.1) is 5.92 Å². The van der Waals surface area contributed by atoms with Gasteiger partial charge in [0.1, 0.15) is 12.1 Å². The van der Waals surface area contributed by atoms with Gasteiger partial charge in [0.15, 0.2) is 5.65 Å². The van der Waals surface area contributed by atoms with Gasteiger partial charge in [-0.15, -0.1) is 0 Å². The quantitative estimate of drug-likeness (QED) is 0.891. The predicted octanol–water partition coefficient (Wildman–Crippen LogP) is 2.83. The summed E-state index contributed by atoms with van der Waals surface area (Å²) < 4.78 is 1.93. The van der Waals surface area contributed by atoms with Crippen LogP contribution < -0.4 is 5.32 Å². The summed E-state index contributed by atoms with van der Waals surface area (Å²) in [5, 5.41) is 8.35. The van der Waals surface area contributed by atoms with Crippen molar-refractivity contribution in [1.29, 1.82) is 0 Å². The summed E-state index contributed by atoms with van der Waals surface area (Å²) >= 11 is 0. The number of nitrogens with zero attached hydrogens (tertiary/aromatic N) is 5. The number of nitrogens with one attached hydrogen (secondary N) is 1. The highest BCUT2D eigenvalue weighted by molar-refractivity contribution is 5.99. The lowest BCUT2D eigenvalue weighted by Crippen LogP contribution is -2.32. The lowest BCUT2D eigenvalue weighted by atomic mass is 9.89. The van der Waals surface area contributed by atoms with E-state index in [4.69, 9.17) is 0 Å². The minimum atomic E-state index is 0.0887. The molecule has 1 aliphatic heterocycles. The van der Waals surface area contributed by atoms with E-state index >= 15 is 0 Å². The van der Waals surface area contributed by atoms with Crippen LogP contribution >= 0.6 is 0 Å². The van der Waals surface area contributed by atoms with E-state index in [1.807, 2.05) is 4.68 Å². The second kappa shape index (κ2) is 8.12. The Bertz CT molecular complexity index is 746. The first-order valence-electron chi connectivity index (χ1n) is 10.0. The van der Waals surface area contributed by atoms with Crippen molar-refractivity contribution in [3.05, 3.63) is 12.5 Å². The van der Waals surface area contributed by atoms with Crippen LogP contribution in [0.2, 0.25) is 0 Å². The zero-order valence-electron chi connectivity index (χ0n) is 15.4. The average Bonchev–Trinajstić information content (AvgIpc) is 3.12. The van der Waals surface area contributed by atoms with Gasteiger partial charge in [0.2, 0.25) is 5.91 Å². The van der Waals surface area contributed by atoms with Crippen molar-refractivity contribution in [2.24, 2.45) is 5.92 Å². The fraction of sp³-hybridized carbons (Fsp3) is 0.684. The second-order valence-electron chi connectivity index (χ2n) is 7.55. The second-order valence-corrected chi connectivity index (χ2v) is 7.55. The van der Waals surface area contributed by atoms with Crippen LogP contribution in [0.4, 0.5) is 5.82 Å². The van der Waals surface area contributed by atoms with Crippen LogP contribution in [0.1, 0.15) is 51.4 Å². The van der Waals surface area contributed by atoms with Crippen molar-refractivity contribution in [1.82, 2.24) is 24.6 Å². The zero-order chi connectivity index (χ0) is 17.8. The maximum atomic E-state index is 12.5. The molecule has 0 atom stereocenters. The number of anilines is 1. The molecule has 0 aromatic carbocycles. The van der Waals surface area contributed by atoms with E-state index in [0.717, 1.165) is 49.8 Å². The van der Waals surface area contributed by atoms with Crippen molar-refractivity contribution >= 4 is 22.8 Å². The molecule has 2 aromatic heterocycles. The van der Waals surface area contributed by atoms with Crippen LogP contribution in [-0.2, 0) is 11.3 Å². The number of hydrogen-bond donors (Lipinski definition) is 1. The van der Waals surface area contributed by atoms with Gasteiger partial charge in [-0.25, -0.2) is 14.6 Å². The molecule has 0 radical (unpaired) electrons. The third-order valence-electron chi connectivity index (χ3n) is 5.73. The number of rotatable bonds is 5. The summed E-state index contributed by atoms with van der Waals surface area (Å²) in [6.45, 7) is 4.16. The first-order valence-corrected chi connectivity index (χ1v) is 10.0. The number of hydrogen-bond acceptors (Lipinski definition) is 5. The molecule has 1 amide bonds. The van der Waals surface area contributed by atoms with Gasteiger partial charge in [-0.05, 0) is 38.8 Å². The average molecular weight is 356 g/mol. The maximum Gasteiger partial charge on any atom is 0.228 e. The molecule has 1 aliphatic carbocycles. The van der Waals surface area contributed by atoms with E-state index in [9.17, 15) is 4.79 Å². The van der Waals surface area contributed by atoms with Gasteiger partial charge in [-0.3, -0.25) is 4.79 Å². The van der Waals surface area contributed by atoms with E-state index in [0.29, 0.717) is 5.82 Å². The zero-order valence-corrected chi connectivity index (χ0v) is 15.4. The number of carbonyl (C=O) groups is 1. The van der Waals surface area contributed by atoms with Gasteiger partial charge in [0, 0.05) is 12.5 Å². The van der Waals surface area contributed by atoms with Gasteiger partial charge >= 0.3 is 0 Å². The molecular weight excluding hydrogens is 328 g/mol. The number of aromatic nitrogens is 4. The van der Waals surface area contributed by atoms with E-state index in [1.165, 1.54) is 45.1 Å². The van der Waals surface area contributed by atoms with Crippen LogP contribution in [0.5, 0.6) is 0 Å². The Morgan fingerprint density at radius 3 is 2.62 bits per heavy atom. The van der Waals surface area contributed by atoms with Crippen molar-refractivity contribution in [2.75, 3.05) is 25.0 Å². The number of likely N-dealkylation sites (tertiary alicyclic amines) is 1. The van der Waals surface area contributed by atoms with Gasteiger partial charge < -0.3 is 10.2 Å². The first-order chi connectivity index (χ1) is 12.8. The topological polar surface area (TPSA) is 75.9 Å². The normalized spacial score (nSPS) is 19.7. The van der Waals surface area contributed by atoms with Crippen LogP contribution in [0.3, 0.4) is 0 Å². The summed E-state index contributed by atoms with van der Waals surface area (Å²) in [7, 11) is 0. The lowest BCUT2D eigenvalue weighted by molar-refractivity contribution is -0.120. The Labute approximate surface area is 154 Å². The molecule has 1 N–H and O–H groups in total. The molecule has 0 unspecified atom stereocenters. The van der Waals surface area contributed by atoms with Gasteiger partial charge in [-0.1, -0.05) is 25.7 Å². The third kappa shape index (κ3) is 3.87. The number of piperidine rings is 1. The standard InChI is InChI=1S/C19H28N6O/c26-19(15-7-3-1-4-8-15)23-17-16-13-22-25(18(16)21-14-20-17)12-11-24-9-5-2-6-10-24/h13-15H,1-12H2,(H,20,21,23,26). The van der Waals surface area contributed by atoms with E-state index < -0.39 is 0 Å². The molecule has 0 bridgehead atoms. The number of carbonyl (C=O) groups excluding carboxylic acids is 1. The Hall–Kier alpha value is -2.02. The van der Waals surface area contributed by atoms with Crippen molar-refractivity contribution < 1.29 is 4.79 Å². The Morgan fingerprint density at radius 1 is 1.04 bits per heavy atom. The van der Waals surface area contributed by atoms with E-state index in [2.05, 4.69) is 25.3 Å². The van der Waals surface area contributed by atoms with Gasteiger partial charge in [0.25, 0.3) is 0 Å². The third-order valence-corrected chi connectivity index (χ3v) is 5.73. The Kier molecular flexibility index (Phi) is 5.43. The van der Waals surface area contributed by atoms with Crippen LogP contribution in [0.25, 0.3) is 11.0 Å². The minimum Gasteiger partial charge on any atom is -0.310 e. The predicted molar refractivity (Wildman–Crippen MR) is 101 cm³/mol. The molecule has 0 spiro atoms. The van der Waals surface area contributed by atoms with Crippen LogP contribution in [0.15, 0.2) is 12.5 Å². The van der Waals surface area contributed by atoms with Crippen molar-refractivity contribution in [3.8, 4) is 0 Å².